The maximum Gasteiger partial charge on any atom is 0.0747 e. The largest absolute Gasteiger partial charge is 0.248 e. The number of pyridine rings is 1. The van der Waals surface area contributed by atoms with Gasteiger partial charge < -0.3 is 0 Å². The first-order valence-corrected chi connectivity index (χ1v) is 6.98. The smallest absolute Gasteiger partial charge is 0.0747 e. The highest BCUT2D eigenvalue weighted by atomic mass is 32.1. The van der Waals surface area contributed by atoms with E-state index >= 15 is 0 Å². The van der Waals surface area contributed by atoms with Gasteiger partial charge in [-0.25, -0.2) is 4.98 Å². The fourth-order valence-electron chi connectivity index (χ4n) is 2.09. The highest BCUT2D eigenvalue weighted by molar-refractivity contribution is 7.78. The Bertz CT molecular complexity index is 847. The van der Waals surface area contributed by atoms with Crippen LogP contribution >= 0.6 is 12.2 Å². The van der Waals surface area contributed by atoms with Crippen molar-refractivity contribution < 1.29 is 0 Å². The van der Waals surface area contributed by atoms with Crippen LogP contribution in [0.2, 0.25) is 0 Å². The second-order valence-corrected chi connectivity index (χ2v) is 4.74. The van der Waals surface area contributed by atoms with Crippen LogP contribution in [0.3, 0.4) is 0 Å². The standard InChI is InChI=1S/C18H12N2S/c21-13-19-17-10-11-18-15(12-17)7-9-16(20-18)8-6-14-4-2-1-3-5-14/h1-12H/b8-6+. The lowest BCUT2D eigenvalue weighted by atomic mass is 10.1. The number of fused-ring (bicyclic) bond motifs is 1. The van der Waals surface area contributed by atoms with Gasteiger partial charge in [-0.3, -0.25) is 0 Å². The molecule has 3 rings (SSSR count). The van der Waals surface area contributed by atoms with E-state index in [4.69, 9.17) is 0 Å². The zero-order valence-corrected chi connectivity index (χ0v) is 12.0. The van der Waals surface area contributed by atoms with Crippen LogP contribution in [-0.2, 0) is 0 Å². The van der Waals surface area contributed by atoms with Crippen LogP contribution < -0.4 is 0 Å². The SMILES string of the molecule is S=C=Nc1ccc2nc(/C=C/c3ccccc3)ccc2c1. The molecule has 1 aromatic heterocycles. The second kappa shape index (κ2) is 6.23. The fraction of sp³-hybridized carbons (Fsp3) is 0. The summed E-state index contributed by atoms with van der Waals surface area (Å²) in [6, 6.07) is 20.0. The highest BCUT2D eigenvalue weighted by Gasteiger charge is 1.98. The van der Waals surface area contributed by atoms with Crippen LogP contribution in [0.15, 0.2) is 65.7 Å². The molecule has 0 atom stereocenters. The first kappa shape index (κ1) is 13.4. The number of nitrogens with zero attached hydrogens (tertiary/aromatic N) is 2. The van der Waals surface area contributed by atoms with E-state index < -0.39 is 0 Å². The Labute approximate surface area is 128 Å². The Morgan fingerprint density at radius 2 is 1.81 bits per heavy atom. The molecule has 100 valence electrons. The number of benzene rings is 2. The van der Waals surface area contributed by atoms with Gasteiger partial charge in [0.1, 0.15) is 0 Å². The van der Waals surface area contributed by atoms with Gasteiger partial charge in [-0.15, -0.1) is 0 Å². The Kier molecular flexibility index (Phi) is 3.97. The Hall–Kier alpha value is -2.61. The third kappa shape index (κ3) is 3.29. The molecule has 2 aromatic carbocycles. The van der Waals surface area contributed by atoms with Crippen molar-refractivity contribution in [2.45, 2.75) is 0 Å². The number of hydrogen-bond donors (Lipinski definition) is 0. The summed E-state index contributed by atoms with van der Waals surface area (Å²) < 4.78 is 0. The van der Waals surface area contributed by atoms with Crippen LogP contribution in [0.4, 0.5) is 5.69 Å². The summed E-state index contributed by atoms with van der Waals surface area (Å²) in [5.74, 6) is 0. The zero-order valence-electron chi connectivity index (χ0n) is 11.2. The Morgan fingerprint density at radius 3 is 2.62 bits per heavy atom. The van der Waals surface area contributed by atoms with Gasteiger partial charge in [0, 0.05) is 5.39 Å². The minimum absolute atomic E-state index is 0.798. The summed E-state index contributed by atoms with van der Waals surface area (Å²) in [7, 11) is 0. The zero-order chi connectivity index (χ0) is 14.5. The summed E-state index contributed by atoms with van der Waals surface area (Å²) in [5, 5.41) is 3.42. The first-order valence-electron chi connectivity index (χ1n) is 6.57. The van der Waals surface area contributed by atoms with E-state index in [-0.39, 0.29) is 0 Å². The molecule has 3 aromatic rings. The number of thiocarbonyl (C=S) groups is 1. The van der Waals surface area contributed by atoms with Crippen LogP contribution in [0, 0.1) is 0 Å². The van der Waals surface area contributed by atoms with Crippen molar-refractivity contribution in [2.24, 2.45) is 4.99 Å². The van der Waals surface area contributed by atoms with Gasteiger partial charge in [0.2, 0.25) is 0 Å². The van der Waals surface area contributed by atoms with Gasteiger partial charge in [-0.1, -0.05) is 42.5 Å². The monoisotopic (exact) mass is 288 g/mol. The van der Waals surface area contributed by atoms with E-state index in [1.807, 2.05) is 54.6 Å². The molecule has 0 saturated carbocycles. The van der Waals surface area contributed by atoms with E-state index in [1.165, 1.54) is 0 Å². The fourth-order valence-corrected chi connectivity index (χ4v) is 2.19. The maximum absolute atomic E-state index is 4.62. The first-order chi connectivity index (χ1) is 10.3. The average Bonchev–Trinajstić information content (AvgIpc) is 2.54. The van der Waals surface area contributed by atoms with E-state index in [0.29, 0.717) is 0 Å². The molecule has 21 heavy (non-hydrogen) atoms. The molecule has 0 spiro atoms. The molecule has 0 N–H and O–H groups in total. The predicted octanol–water partition coefficient (Wildman–Crippen LogP) is 5.14. The number of aromatic nitrogens is 1. The van der Waals surface area contributed by atoms with Gasteiger partial charge in [0.25, 0.3) is 0 Å². The third-order valence-electron chi connectivity index (χ3n) is 3.12. The van der Waals surface area contributed by atoms with E-state index in [0.717, 1.165) is 27.8 Å². The lowest BCUT2D eigenvalue weighted by Gasteiger charge is -2.00. The van der Waals surface area contributed by atoms with Crippen molar-refractivity contribution in [3.8, 4) is 0 Å². The van der Waals surface area contributed by atoms with E-state index in [9.17, 15) is 0 Å². The third-order valence-corrected chi connectivity index (χ3v) is 3.21. The van der Waals surface area contributed by atoms with Crippen molar-refractivity contribution >= 4 is 46.1 Å². The van der Waals surface area contributed by atoms with E-state index in [1.54, 1.807) is 0 Å². The number of rotatable bonds is 3. The van der Waals surface area contributed by atoms with Crippen LogP contribution in [0.5, 0.6) is 0 Å². The lowest BCUT2D eigenvalue weighted by Crippen LogP contribution is -1.83. The highest BCUT2D eigenvalue weighted by Crippen LogP contribution is 2.20. The van der Waals surface area contributed by atoms with Crippen molar-refractivity contribution in [1.82, 2.24) is 4.98 Å². The maximum atomic E-state index is 4.62. The number of hydrogen-bond acceptors (Lipinski definition) is 3. The van der Waals surface area contributed by atoms with Crippen molar-refractivity contribution in [1.29, 1.82) is 0 Å². The molecule has 0 radical (unpaired) electrons. The molecule has 0 aliphatic rings. The quantitative estimate of drug-likeness (QED) is 0.492. The van der Waals surface area contributed by atoms with Gasteiger partial charge >= 0.3 is 0 Å². The molecule has 1 heterocycles. The summed E-state index contributed by atoms with van der Waals surface area (Å²) >= 11 is 4.62. The summed E-state index contributed by atoms with van der Waals surface area (Å²) in [5.41, 5.74) is 3.82. The summed E-state index contributed by atoms with van der Waals surface area (Å²) in [6.07, 6.45) is 4.07. The predicted molar refractivity (Wildman–Crippen MR) is 91.8 cm³/mol. The van der Waals surface area contributed by atoms with Crippen LogP contribution in [-0.4, -0.2) is 10.1 Å². The topological polar surface area (TPSA) is 25.2 Å². The number of isothiocyanates is 1. The Balaban J connectivity index is 1.93. The minimum Gasteiger partial charge on any atom is -0.248 e. The molecular weight excluding hydrogens is 276 g/mol. The molecular formula is C18H12N2S. The molecule has 0 fully saturated rings. The number of aliphatic imine (C=N–C) groups is 1. The summed E-state index contributed by atoms with van der Waals surface area (Å²) in [6.45, 7) is 0. The van der Waals surface area contributed by atoms with E-state index in [2.05, 4.69) is 45.6 Å². The molecule has 0 saturated heterocycles. The van der Waals surface area contributed by atoms with Crippen molar-refractivity contribution in [3.05, 3.63) is 71.9 Å². The second-order valence-electron chi connectivity index (χ2n) is 4.56. The molecule has 3 heteroatoms. The molecule has 0 aliphatic heterocycles. The molecule has 0 unspecified atom stereocenters. The molecule has 2 nitrogen and oxygen atoms in total. The van der Waals surface area contributed by atoms with Gasteiger partial charge in [0.15, 0.2) is 0 Å². The lowest BCUT2D eigenvalue weighted by molar-refractivity contribution is 1.37. The van der Waals surface area contributed by atoms with Crippen LogP contribution in [0.1, 0.15) is 11.3 Å². The normalized spacial score (nSPS) is 10.7. The van der Waals surface area contributed by atoms with Gasteiger partial charge in [-0.2, -0.15) is 4.99 Å². The minimum atomic E-state index is 0.798. The van der Waals surface area contributed by atoms with Gasteiger partial charge in [0.05, 0.1) is 22.1 Å². The van der Waals surface area contributed by atoms with Crippen molar-refractivity contribution in [2.75, 3.05) is 0 Å². The molecule has 0 bridgehead atoms. The van der Waals surface area contributed by atoms with Crippen LogP contribution in [0.25, 0.3) is 23.1 Å². The van der Waals surface area contributed by atoms with Crippen molar-refractivity contribution in [3.63, 3.8) is 0 Å². The molecule has 0 aliphatic carbocycles. The van der Waals surface area contributed by atoms with Gasteiger partial charge in [-0.05, 0) is 48.1 Å². The summed E-state index contributed by atoms with van der Waals surface area (Å²) in [4.78, 5) is 8.59. The average molecular weight is 288 g/mol. The molecule has 0 amide bonds. The Morgan fingerprint density at radius 1 is 0.952 bits per heavy atom.